The lowest BCUT2D eigenvalue weighted by atomic mass is 10.3. The van der Waals surface area contributed by atoms with E-state index in [-0.39, 0.29) is 17.9 Å². The first kappa shape index (κ1) is 15.2. The second-order valence-corrected chi connectivity index (χ2v) is 3.61. The van der Waals surface area contributed by atoms with Gasteiger partial charge in [-0.1, -0.05) is 13.8 Å². The Balaban J connectivity index is 0.00000121. The first-order chi connectivity index (χ1) is 7.99. The number of rotatable bonds is 3. The van der Waals surface area contributed by atoms with E-state index in [0.29, 0.717) is 11.4 Å². The van der Waals surface area contributed by atoms with E-state index in [1.54, 1.807) is 12.3 Å². The maximum Gasteiger partial charge on any atom is 0.267 e. The fourth-order valence-corrected chi connectivity index (χ4v) is 1.14. The van der Waals surface area contributed by atoms with E-state index in [1.807, 2.05) is 27.7 Å². The van der Waals surface area contributed by atoms with E-state index >= 15 is 0 Å². The molecule has 0 radical (unpaired) electrons. The van der Waals surface area contributed by atoms with Gasteiger partial charge in [-0.15, -0.1) is 0 Å². The van der Waals surface area contributed by atoms with Crippen molar-refractivity contribution in [1.82, 2.24) is 10.3 Å². The van der Waals surface area contributed by atoms with Gasteiger partial charge in [-0.25, -0.2) is 0 Å². The van der Waals surface area contributed by atoms with E-state index in [9.17, 15) is 9.59 Å². The van der Waals surface area contributed by atoms with Crippen LogP contribution in [0.15, 0.2) is 12.3 Å². The number of hydrogen-bond donors (Lipinski definition) is 3. The van der Waals surface area contributed by atoms with Crippen molar-refractivity contribution in [2.45, 2.75) is 40.7 Å². The van der Waals surface area contributed by atoms with Crippen LogP contribution in [0, 0.1) is 0 Å². The van der Waals surface area contributed by atoms with Crippen LogP contribution in [0.4, 0.5) is 5.69 Å². The van der Waals surface area contributed by atoms with Gasteiger partial charge in [-0.3, -0.25) is 9.59 Å². The number of amides is 2. The zero-order valence-corrected chi connectivity index (χ0v) is 11.0. The Kier molecular flexibility index (Phi) is 6.70. The topological polar surface area (TPSA) is 74.0 Å². The smallest absolute Gasteiger partial charge is 0.267 e. The fraction of sp³-hybridized carbons (Fsp3) is 0.500. The minimum Gasteiger partial charge on any atom is -0.355 e. The molecule has 1 rings (SSSR count). The fourth-order valence-electron chi connectivity index (χ4n) is 1.14. The van der Waals surface area contributed by atoms with Crippen molar-refractivity contribution < 1.29 is 9.59 Å². The van der Waals surface area contributed by atoms with Gasteiger partial charge in [0.25, 0.3) is 5.91 Å². The molecule has 0 aromatic carbocycles. The molecule has 96 valence electrons. The lowest BCUT2D eigenvalue weighted by Crippen LogP contribution is -2.30. The summed E-state index contributed by atoms with van der Waals surface area (Å²) in [6.07, 6.45) is 1.58. The molecule has 1 aromatic heterocycles. The van der Waals surface area contributed by atoms with Crippen LogP contribution >= 0.6 is 0 Å². The van der Waals surface area contributed by atoms with E-state index in [4.69, 9.17) is 0 Å². The average Bonchev–Trinajstić information content (AvgIpc) is 2.67. The highest BCUT2D eigenvalue weighted by Crippen LogP contribution is 2.09. The Morgan fingerprint density at radius 2 is 1.88 bits per heavy atom. The molecule has 0 bridgehead atoms. The Bertz CT molecular complexity index is 370. The number of anilines is 1. The molecule has 0 unspecified atom stereocenters. The summed E-state index contributed by atoms with van der Waals surface area (Å²) in [6.45, 7) is 9.19. The zero-order chi connectivity index (χ0) is 13.4. The molecule has 3 N–H and O–H groups in total. The SMILES string of the molecule is CC.CC(=O)Nc1c[nH]c(C(=O)NC(C)C)c1. The zero-order valence-electron chi connectivity index (χ0n) is 11.0. The van der Waals surface area contributed by atoms with Crippen LogP contribution in [0.3, 0.4) is 0 Å². The van der Waals surface area contributed by atoms with Crippen molar-refractivity contribution in [2.75, 3.05) is 5.32 Å². The van der Waals surface area contributed by atoms with Crippen molar-refractivity contribution in [3.63, 3.8) is 0 Å². The highest BCUT2D eigenvalue weighted by molar-refractivity contribution is 5.95. The summed E-state index contributed by atoms with van der Waals surface area (Å²) in [6, 6.07) is 1.68. The summed E-state index contributed by atoms with van der Waals surface area (Å²) in [5.74, 6) is -0.341. The quantitative estimate of drug-likeness (QED) is 0.756. The van der Waals surface area contributed by atoms with E-state index in [2.05, 4.69) is 15.6 Å². The highest BCUT2D eigenvalue weighted by atomic mass is 16.2. The number of carbonyl (C=O) groups excluding carboxylic acids is 2. The average molecular weight is 239 g/mol. The van der Waals surface area contributed by atoms with Crippen LogP contribution in [-0.4, -0.2) is 22.8 Å². The highest BCUT2D eigenvalue weighted by Gasteiger charge is 2.09. The predicted molar refractivity (Wildman–Crippen MR) is 69.0 cm³/mol. The summed E-state index contributed by atoms with van der Waals surface area (Å²) >= 11 is 0. The van der Waals surface area contributed by atoms with Gasteiger partial charge in [0.05, 0.1) is 5.69 Å². The largest absolute Gasteiger partial charge is 0.355 e. The van der Waals surface area contributed by atoms with Crippen molar-refractivity contribution >= 4 is 17.5 Å². The van der Waals surface area contributed by atoms with Crippen LogP contribution < -0.4 is 10.6 Å². The first-order valence-electron chi connectivity index (χ1n) is 5.76. The van der Waals surface area contributed by atoms with Gasteiger partial charge in [0.1, 0.15) is 5.69 Å². The van der Waals surface area contributed by atoms with Crippen molar-refractivity contribution in [1.29, 1.82) is 0 Å². The number of nitrogens with one attached hydrogen (secondary N) is 3. The standard InChI is InChI=1S/C10H15N3O2.C2H6/c1-6(2)12-10(15)9-4-8(5-11-9)13-7(3)14;1-2/h4-6,11H,1-3H3,(H,12,15)(H,13,14);1-2H3. The maximum absolute atomic E-state index is 11.5. The van der Waals surface area contributed by atoms with Crippen LogP contribution in [0.5, 0.6) is 0 Å². The lowest BCUT2D eigenvalue weighted by molar-refractivity contribution is -0.114. The number of aromatic nitrogens is 1. The maximum atomic E-state index is 11.5. The third-order valence-electron chi connectivity index (χ3n) is 1.67. The molecular weight excluding hydrogens is 218 g/mol. The van der Waals surface area contributed by atoms with Gasteiger partial charge in [-0.2, -0.15) is 0 Å². The summed E-state index contributed by atoms with van der Waals surface area (Å²) in [5, 5.41) is 5.33. The molecule has 0 aliphatic carbocycles. The number of carbonyl (C=O) groups is 2. The summed E-state index contributed by atoms with van der Waals surface area (Å²) < 4.78 is 0. The molecule has 0 atom stereocenters. The van der Waals surface area contributed by atoms with E-state index in [1.165, 1.54) is 6.92 Å². The first-order valence-corrected chi connectivity index (χ1v) is 5.76. The molecule has 5 nitrogen and oxygen atoms in total. The summed E-state index contributed by atoms with van der Waals surface area (Å²) in [5.41, 5.74) is 1.03. The molecule has 1 heterocycles. The number of hydrogen-bond acceptors (Lipinski definition) is 2. The monoisotopic (exact) mass is 239 g/mol. The molecule has 0 aliphatic rings. The Labute approximate surface area is 102 Å². The molecule has 17 heavy (non-hydrogen) atoms. The van der Waals surface area contributed by atoms with Gasteiger partial charge in [0.15, 0.2) is 0 Å². The van der Waals surface area contributed by atoms with Crippen LogP contribution in [0.1, 0.15) is 45.1 Å². The molecule has 0 fully saturated rings. The third kappa shape index (κ3) is 5.75. The van der Waals surface area contributed by atoms with Gasteiger partial charge in [0.2, 0.25) is 5.91 Å². The molecule has 0 aliphatic heterocycles. The lowest BCUT2D eigenvalue weighted by Gasteiger charge is -2.05. The van der Waals surface area contributed by atoms with Crippen LogP contribution in [0.2, 0.25) is 0 Å². The minimum atomic E-state index is -0.179. The Morgan fingerprint density at radius 1 is 1.29 bits per heavy atom. The third-order valence-corrected chi connectivity index (χ3v) is 1.67. The minimum absolute atomic E-state index is 0.0880. The molecular formula is C12H21N3O2. The number of aromatic amines is 1. The Hall–Kier alpha value is -1.78. The predicted octanol–water partition coefficient (Wildman–Crippen LogP) is 2.14. The molecule has 0 saturated heterocycles. The van der Waals surface area contributed by atoms with Gasteiger partial charge in [-0.05, 0) is 19.9 Å². The van der Waals surface area contributed by atoms with Crippen LogP contribution in [-0.2, 0) is 4.79 Å². The second kappa shape index (κ2) is 7.49. The van der Waals surface area contributed by atoms with E-state index in [0.717, 1.165) is 0 Å². The molecule has 0 saturated carbocycles. The number of H-pyrrole nitrogens is 1. The molecule has 1 aromatic rings. The summed E-state index contributed by atoms with van der Waals surface area (Å²) in [4.78, 5) is 25.0. The van der Waals surface area contributed by atoms with Crippen LogP contribution in [0.25, 0.3) is 0 Å². The van der Waals surface area contributed by atoms with Crippen molar-refractivity contribution in [3.8, 4) is 0 Å². The Morgan fingerprint density at radius 3 is 2.35 bits per heavy atom. The molecule has 0 spiro atoms. The molecule has 2 amide bonds. The van der Waals surface area contributed by atoms with Gasteiger partial charge < -0.3 is 15.6 Å². The van der Waals surface area contributed by atoms with Crippen molar-refractivity contribution in [3.05, 3.63) is 18.0 Å². The molecule has 5 heteroatoms. The summed E-state index contributed by atoms with van der Waals surface area (Å²) in [7, 11) is 0. The second-order valence-electron chi connectivity index (χ2n) is 3.61. The van der Waals surface area contributed by atoms with E-state index < -0.39 is 0 Å². The van der Waals surface area contributed by atoms with Gasteiger partial charge in [0, 0.05) is 19.2 Å². The van der Waals surface area contributed by atoms with Crippen molar-refractivity contribution in [2.24, 2.45) is 0 Å². The normalized spacial score (nSPS) is 9.29. The van der Waals surface area contributed by atoms with Gasteiger partial charge >= 0.3 is 0 Å².